The topological polar surface area (TPSA) is 29.5 Å². The predicted molar refractivity (Wildman–Crippen MR) is 79.3 cm³/mol. The molecule has 3 atom stereocenters. The Balaban J connectivity index is 1.62. The van der Waals surface area contributed by atoms with Crippen molar-refractivity contribution < 1.29 is 14.3 Å². The van der Waals surface area contributed by atoms with Gasteiger partial charge in [0.25, 0.3) is 0 Å². The number of likely N-dealkylation sites (N-methyl/N-ethyl adjacent to an activating group) is 1. The molecule has 1 N–H and O–H groups in total. The average Bonchev–Trinajstić information content (AvgIpc) is 2.88. The van der Waals surface area contributed by atoms with Crippen LogP contribution in [-0.2, 0) is 11.3 Å². The lowest BCUT2D eigenvalue weighted by atomic mass is 9.93. The zero-order valence-corrected chi connectivity index (χ0v) is 12.6. The van der Waals surface area contributed by atoms with Crippen molar-refractivity contribution >= 4 is 0 Å². The average molecular weight is 276 g/mol. The van der Waals surface area contributed by atoms with Gasteiger partial charge in [-0.3, -0.25) is 0 Å². The summed E-state index contributed by atoms with van der Waals surface area (Å²) < 4.78 is 7.13. The van der Waals surface area contributed by atoms with Crippen molar-refractivity contribution in [3.63, 3.8) is 0 Å². The largest absolute Gasteiger partial charge is 0.390 e. The van der Waals surface area contributed by atoms with Gasteiger partial charge in [-0.15, -0.1) is 0 Å². The van der Waals surface area contributed by atoms with Crippen molar-refractivity contribution in [1.82, 2.24) is 0 Å². The summed E-state index contributed by atoms with van der Waals surface area (Å²) in [5.74, 6) is 0. The van der Waals surface area contributed by atoms with Crippen molar-refractivity contribution in [3.8, 4) is 0 Å². The standard InChI is InChI=1S/C17H26NO2/c1-14-4-6-15(7-5-14)12-20-16-10-17(13-19)8-3-9-18(17,2)11-16/h4-7,16,19H,3,8-13H2,1-2H3/q+1. The normalized spacial score (nSPS) is 36.2. The Morgan fingerprint density at radius 2 is 2.10 bits per heavy atom. The van der Waals surface area contributed by atoms with E-state index in [1.54, 1.807) is 0 Å². The van der Waals surface area contributed by atoms with E-state index in [1.165, 1.54) is 24.1 Å². The molecule has 0 spiro atoms. The first-order chi connectivity index (χ1) is 9.57. The molecular formula is C17H26NO2+. The third kappa shape index (κ3) is 2.28. The summed E-state index contributed by atoms with van der Waals surface area (Å²) in [5.41, 5.74) is 2.59. The Kier molecular flexibility index (Phi) is 3.61. The number of fused-ring (bicyclic) bond motifs is 1. The van der Waals surface area contributed by atoms with Gasteiger partial charge in [-0.25, -0.2) is 0 Å². The summed E-state index contributed by atoms with van der Waals surface area (Å²) >= 11 is 0. The SMILES string of the molecule is Cc1ccc(COC2CC3(CO)CCC[N+]3(C)C2)cc1. The number of quaternary nitrogens is 1. The molecule has 2 heterocycles. The molecule has 0 aliphatic carbocycles. The number of hydrogen-bond acceptors (Lipinski definition) is 2. The number of hydrogen-bond donors (Lipinski definition) is 1. The molecule has 0 bridgehead atoms. The van der Waals surface area contributed by atoms with E-state index in [2.05, 4.69) is 38.2 Å². The highest BCUT2D eigenvalue weighted by molar-refractivity contribution is 5.20. The fraction of sp³-hybridized carbons (Fsp3) is 0.647. The molecule has 20 heavy (non-hydrogen) atoms. The molecule has 2 aliphatic rings. The van der Waals surface area contributed by atoms with Crippen LogP contribution in [0.3, 0.4) is 0 Å². The molecule has 1 aromatic rings. The molecule has 3 heteroatoms. The van der Waals surface area contributed by atoms with Crippen molar-refractivity contribution in [2.24, 2.45) is 0 Å². The van der Waals surface area contributed by atoms with Gasteiger partial charge in [0.05, 0.1) is 26.8 Å². The van der Waals surface area contributed by atoms with Crippen LogP contribution >= 0.6 is 0 Å². The van der Waals surface area contributed by atoms with Crippen molar-refractivity contribution in [1.29, 1.82) is 0 Å². The molecule has 3 nitrogen and oxygen atoms in total. The summed E-state index contributed by atoms with van der Waals surface area (Å²) in [6, 6.07) is 8.55. The van der Waals surface area contributed by atoms with Crippen LogP contribution in [0.5, 0.6) is 0 Å². The Hall–Kier alpha value is -0.900. The van der Waals surface area contributed by atoms with Crippen LogP contribution in [0.4, 0.5) is 0 Å². The van der Waals surface area contributed by atoms with Crippen molar-refractivity contribution in [2.75, 3.05) is 26.7 Å². The first-order valence-electron chi connectivity index (χ1n) is 7.70. The third-order valence-electron chi connectivity index (χ3n) is 5.55. The lowest BCUT2D eigenvalue weighted by Crippen LogP contribution is -2.55. The lowest BCUT2D eigenvalue weighted by molar-refractivity contribution is -0.935. The number of benzene rings is 1. The number of aliphatic hydroxyl groups excluding tert-OH is 1. The van der Waals surface area contributed by atoms with Gasteiger partial charge in [-0.1, -0.05) is 29.8 Å². The van der Waals surface area contributed by atoms with Gasteiger partial charge >= 0.3 is 0 Å². The minimum absolute atomic E-state index is 0.0674. The molecule has 0 radical (unpaired) electrons. The van der Waals surface area contributed by atoms with E-state index >= 15 is 0 Å². The first kappa shape index (κ1) is 14.1. The molecule has 0 amide bonds. The molecule has 110 valence electrons. The summed E-state index contributed by atoms with van der Waals surface area (Å²) in [6.45, 7) is 5.32. The fourth-order valence-electron chi connectivity index (χ4n) is 4.13. The van der Waals surface area contributed by atoms with Gasteiger partial charge in [-0.05, 0) is 12.5 Å². The van der Waals surface area contributed by atoms with Gasteiger partial charge in [0, 0.05) is 19.3 Å². The van der Waals surface area contributed by atoms with E-state index in [1.807, 2.05) is 0 Å². The maximum absolute atomic E-state index is 9.85. The molecule has 0 aromatic heterocycles. The molecule has 2 fully saturated rings. The van der Waals surface area contributed by atoms with Crippen LogP contribution in [0, 0.1) is 6.92 Å². The van der Waals surface area contributed by atoms with Gasteiger partial charge in [0.1, 0.15) is 18.2 Å². The fourth-order valence-corrected chi connectivity index (χ4v) is 4.13. The van der Waals surface area contributed by atoms with E-state index in [4.69, 9.17) is 4.74 Å². The van der Waals surface area contributed by atoms with Crippen LogP contribution in [0.1, 0.15) is 30.4 Å². The second kappa shape index (κ2) is 5.14. The van der Waals surface area contributed by atoms with E-state index in [0.29, 0.717) is 13.2 Å². The summed E-state index contributed by atoms with van der Waals surface area (Å²) in [7, 11) is 2.29. The van der Waals surface area contributed by atoms with E-state index < -0.39 is 0 Å². The van der Waals surface area contributed by atoms with E-state index in [0.717, 1.165) is 23.9 Å². The van der Waals surface area contributed by atoms with Crippen molar-refractivity contribution in [2.45, 2.75) is 44.4 Å². The summed E-state index contributed by atoms with van der Waals surface area (Å²) in [6.07, 6.45) is 3.67. The van der Waals surface area contributed by atoms with E-state index in [9.17, 15) is 5.11 Å². The molecule has 0 saturated carbocycles. The highest BCUT2D eigenvalue weighted by Crippen LogP contribution is 2.45. The minimum atomic E-state index is 0.0674. The van der Waals surface area contributed by atoms with Crippen LogP contribution in [-0.4, -0.2) is 48.0 Å². The maximum atomic E-state index is 9.85. The number of aliphatic hydroxyl groups is 1. The van der Waals surface area contributed by atoms with E-state index in [-0.39, 0.29) is 11.6 Å². The van der Waals surface area contributed by atoms with Gasteiger partial charge in [0.15, 0.2) is 0 Å². The Labute approximate surface area is 121 Å². The van der Waals surface area contributed by atoms with Crippen molar-refractivity contribution in [3.05, 3.63) is 35.4 Å². The highest BCUT2D eigenvalue weighted by atomic mass is 16.5. The summed E-state index contributed by atoms with van der Waals surface area (Å²) in [5, 5.41) is 9.85. The maximum Gasteiger partial charge on any atom is 0.125 e. The molecular weight excluding hydrogens is 250 g/mol. The van der Waals surface area contributed by atoms with Crippen LogP contribution in [0.2, 0.25) is 0 Å². The van der Waals surface area contributed by atoms with Crippen LogP contribution < -0.4 is 0 Å². The van der Waals surface area contributed by atoms with Gasteiger partial charge in [0.2, 0.25) is 0 Å². The Bertz CT molecular complexity index is 472. The number of nitrogens with zero attached hydrogens (tertiary/aromatic N) is 1. The molecule has 3 unspecified atom stereocenters. The second-order valence-electron chi connectivity index (χ2n) is 6.91. The van der Waals surface area contributed by atoms with Crippen LogP contribution in [0.25, 0.3) is 0 Å². The van der Waals surface area contributed by atoms with Gasteiger partial charge < -0.3 is 14.3 Å². The second-order valence-corrected chi connectivity index (χ2v) is 6.91. The summed E-state index contributed by atoms with van der Waals surface area (Å²) in [4.78, 5) is 0. The minimum Gasteiger partial charge on any atom is -0.390 e. The quantitative estimate of drug-likeness (QED) is 0.855. The molecule has 1 aromatic carbocycles. The Morgan fingerprint density at radius 3 is 2.75 bits per heavy atom. The van der Waals surface area contributed by atoms with Crippen LogP contribution in [0.15, 0.2) is 24.3 Å². The predicted octanol–water partition coefficient (Wildman–Crippen LogP) is 2.26. The number of ether oxygens (including phenoxy) is 1. The smallest absolute Gasteiger partial charge is 0.125 e. The number of aryl methyl sites for hydroxylation is 1. The lowest BCUT2D eigenvalue weighted by Gasteiger charge is -2.38. The molecule has 2 aliphatic heterocycles. The first-order valence-corrected chi connectivity index (χ1v) is 7.70. The van der Waals surface area contributed by atoms with Gasteiger partial charge in [-0.2, -0.15) is 0 Å². The third-order valence-corrected chi connectivity index (χ3v) is 5.55. The zero-order chi connectivity index (χ0) is 14.2. The monoisotopic (exact) mass is 276 g/mol. The molecule has 3 rings (SSSR count). The zero-order valence-electron chi connectivity index (χ0n) is 12.6. The highest BCUT2D eigenvalue weighted by Gasteiger charge is 2.59. The Morgan fingerprint density at radius 1 is 1.35 bits per heavy atom. The molecule has 2 saturated heterocycles. The number of rotatable bonds is 4.